The maximum absolute atomic E-state index is 14.3. The van der Waals surface area contributed by atoms with Gasteiger partial charge < -0.3 is 15.7 Å². The lowest BCUT2D eigenvalue weighted by Gasteiger charge is -2.34. The summed E-state index contributed by atoms with van der Waals surface area (Å²) in [4.78, 5) is 15.2. The average molecular weight is 397 g/mol. The molecule has 3 rings (SSSR count). The Labute approximate surface area is 158 Å². The summed E-state index contributed by atoms with van der Waals surface area (Å²) in [6.45, 7) is -0.750. The number of carbonyl (C=O) groups excluding carboxylic acids is 1. The van der Waals surface area contributed by atoms with Crippen LogP contribution < -0.4 is 10.6 Å². The van der Waals surface area contributed by atoms with Crippen LogP contribution in [0.2, 0.25) is 0 Å². The summed E-state index contributed by atoms with van der Waals surface area (Å²) in [6, 6.07) is 8.11. The topological polar surface area (TPSA) is 74.2 Å². The van der Waals surface area contributed by atoms with Crippen molar-refractivity contribution in [2.45, 2.75) is 24.2 Å². The van der Waals surface area contributed by atoms with Gasteiger partial charge >= 0.3 is 6.43 Å². The fourth-order valence-corrected chi connectivity index (χ4v) is 2.91. The number of alkyl halides is 4. The van der Waals surface area contributed by atoms with Crippen molar-refractivity contribution in [2.75, 3.05) is 19.8 Å². The molecule has 0 aliphatic carbocycles. The SMILES string of the molecule is O=C(NC(CF)C(O)c1ccc(-c2ccc(C3(F)CNC3)nc2)cc1)C(F)F. The normalized spacial score (nSPS) is 17.6. The van der Waals surface area contributed by atoms with E-state index in [4.69, 9.17) is 0 Å². The third kappa shape index (κ3) is 4.15. The van der Waals surface area contributed by atoms with Gasteiger partial charge in [-0.2, -0.15) is 8.78 Å². The Balaban J connectivity index is 1.71. The molecular formula is C19H19F4N3O2. The molecule has 0 radical (unpaired) electrons. The van der Waals surface area contributed by atoms with E-state index in [1.807, 2.05) is 0 Å². The standard InChI is InChI=1S/C19H19F4N3O2/c20-7-14(26-18(28)17(21)22)16(27)12-3-1-11(2-4-12)13-5-6-15(25-8-13)19(23)9-24-10-19/h1-6,8,14,16-17,24,27H,7,9-10H2,(H,26,28). The predicted molar refractivity (Wildman–Crippen MR) is 94.2 cm³/mol. The highest BCUT2D eigenvalue weighted by molar-refractivity contribution is 5.79. The predicted octanol–water partition coefficient (Wildman–Crippen LogP) is 2.27. The molecule has 1 aliphatic rings. The molecule has 2 heterocycles. The van der Waals surface area contributed by atoms with Gasteiger partial charge in [0.15, 0.2) is 5.67 Å². The molecule has 28 heavy (non-hydrogen) atoms. The number of benzene rings is 1. The zero-order valence-electron chi connectivity index (χ0n) is 14.7. The second kappa shape index (κ2) is 8.24. The number of aliphatic hydroxyl groups excluding tert-OH is 1. The van der Waals surface area contributed by atoms with Crippen molar-refractivity contribution in [1.82, 2.24) is 15.6 Å². The highest BCUT2D eigenvalue weighted by Gasteiger charge is 2.40. The monoisotopic (exact) mass is 397 g/mol. The first-order chi connectivity index (χ1) is 13.3. The average Bonchev–Trinajstić information content (AvgIpc) is 2.69. The van der Waals surface area contributed by atoms with E-state index in [1.165, 1.54) is 18.3 Å². The number of nitrogens with zero attached hydrogens (tertiary/aromatic N) is 1. The van der Waals surface area contributed by atoms with Gasteiger partial charge in [0.1, 0.15) is 12.8 Å². The maximum atomic E-state index is 14.3. The fourth-order valence-electron chi connectivity index (χ4n) is 2.91. The first-order valence-electron chi connectivity index (χ1n) is 8.63. The van der Waals surface area contributed by atoms with E-state index >= 15 is 0 Å². The van der Waals surface area contributed by atoms with Gasteiger partial charge in [-0.05, 0) is 17.2 Å². The molecule has 5 nitrogen and oxygen atoms in total. The van der Waals surface area contributed by atoms with Crippen LogP contribution in [0, 0.1) is 0 Å². The van der Waals surface area contributed by atoms with Crippen molar-refractivity contribution in [2.24, 2.45) is 0 Å². The van der Waals surface area contributed by atoms with Crippen molar-refractivity contribution in [3.63, 3.8) is 0 Å². The molecule has 1 fully saturated rings. The zero-order valence-corrected chi connectivity index (χ0v) is 14.7. The molecule has 2 aromatic rings. The number of aromatic nitrogens is 1. The number of pyridine rings is 1. The molecular weight excluding hydrogens is 378 g/mol. The Bertz CT molecular complexity index is 811. The van der Waals surface area contributed by atoms with Crippen molar-refractivity contribution in [3.05, 3.63) is 53.9 Å². The van der Waals surface area contributed by atoms with E-state index in [1.54, 1.807) is 29.6 Å². The molecule has 150 valence electrons. The quantitative estimate of drug-likeness (QED) is 0.627. The van der Waals surface area contributed by atoms with Crippen LogP contribution in [0.15, 0.2) is 42.6 Å². The molecule has 9 heteroatoms. The van der Waals surface area contributed by atoms with Crippen LogP contribution in [0.4, 0.5) is 17.6 Å². The molecule has 0 bridgehead atoms. The summed E-state index contributed by atoms with van der Waals surface area (Å²) in [7, 11) is 0. The second-order valence-corrected chi connectivity index (χ2v) is 6.64. The number of hydrogen-bond donors (Lipinski definition) is 3. The van der Waals surface area contributed by atoms with Crippen molar-refractivity contribution < 1.29 is 27.5 Å². The van der Waals surface area contributed by atoms with Crippen LogP contribution in [0.5, 0.6) is 0 Å². The Morgan fingerprint density at radius 3 is 2.29 bits per heavy atom. The Kier molecular flexibility index (Phi) is 5.95. The van der Waals surface area contributed by atoms with Crippen LogP contribution in [-0.2, 0) is 10.5 Å². The minimum Gasteiger partial charge on any atom is -0.386 e. The lowest BCUT2D eigenvalue weighted by atomic mass is 9.93. The van der Waals surface area contributed by atoms with Gasteiger partial charge in [-0.1, -0.05) is 30.3 Å². The van der Waals surface area contributed by atoms with Crippen molar-refractivity contribution >= 4 is 5.91 Å². The van der Waals surface area contributed by atoms with Gasteiger partial charge in [0.05, 0.1) is 11.7 Å². The van der Waals surface area contributed by atoms with Gasteiger partial charge in [0, 0.05) is 24.8 Å². The second-order valence-electron chi connectivity index (χ2n) is 6.64. The Morgan fingerprint density at radius 2 is 1.82 bits per heavy atom. The molecule has 3 N–H and O–H groups in total. The molecule has 1 aliphatic heterocycles. The maximum Gasteiger partial charge on any atom is 0.315 e. The number of halogens is 4. The number of aliphatic hydroxyl groups is 1. The molecule has 0 saturated carbocycles. The van der Waals surface area contributed by atoms with Crippen LogP contribution in [0.25, 0.3) is 11.1 Å². The van der Waals surface area contributed by atoms with Gasteiger partial charge in [0.25, 0.3) is 5.91 Å². The summed E-state index contributed by atoms with van der Waals surface area (Å²) in [5.41, 5.74) is 0.601. The molecule has 2 atom stereocenters. The lowest BCUT2D eigenvalue weighted by molar-refractivity contribution is -0.133. The molecule has 1 aromatic carbocycles. The number of rotatable bonds is 7. The van der Waals surface area contributed by atoms with Gasteiger partial charge in [-0.25, -0.2) is 8.78 Å². The molecule has 2 unspecified atom stereocenters. The largest absolute Gasteiger partial charge is 0.386 e. The third-order valence-corrected chi connectivity index (χ3v) is 4.69. The first-order valence-corrected chi connectivity index (χ1v) is 8.63. The summed E-state index contributed by atoms with van der Waals surface area (Å²) in [5, 5.41) is 14.8. The van der Waals surface area contributed by atoms with Crippen molar-refractivity contribution in [3.8, 4) is 11.1 Å². The summed E-state index contributed by atoms with van der Waals surface area (Å²) >= 11 is 0. The van der Waals surface area contributed by atoms with Crippen LogP contribution in [0.1, 0.15) is 17.4 Å². The van der Waals surface area contributed by atoms with Gasteiger partial charge in [-0.3, -0.25) is 9.78 Å². The van der Waals surface area contributed by atoms with E-state index in [-0.39, 0.29) is 18.7 Å². The van der Waals surface area contributed by atoms with Crippen LogP contribution in [-0.4, -0.2) is 48.2 Å². The minimum atomic E-state index is -3.29. The van der Waals surface area contributed by atoms with E-state index < -0.39 is 36.8 Å². The summed E-state index contributed by atoms with van der Waals surface area (Å²) < 4.78 is 52.0. The Hall–Kier alpha value is -2.52. The summed E-state index contributed by atoms with van der Waals surface area (Å²) in [6.07, 6.45) is -3.24. The zero-order chi connectivity index (χ0) is 20.3. The third-order valence-electron chi connectivity index (χ3n) is 4.69. The molecule has 0 spiro atoms. The van der Waals surface area contributed by atoms with E-state index in [0.717, 1.165) is 5.56 Å². The lowest BCUT2D eigenvalue weighted by Crippen LogP contribution is -2.54. The van der Waals surface area contributed by atoms with Gasteiger partial charge in [-0.15, -0.1) is 0 Å². The molecule has 1 saturated heterocycles. The molecule has 1 amide bonds. The van der Waals surface area contributed by atoms with Crippen molar-refractivity contribution in [1.29, 1.82) is 0 Å². The highest BCUT2D eigenvalue weighted by Crippen LogP contribution is 2.30. The molecule has 1 aromatic heterocycles. The number of carbonyl (C=O) groups is 1. The number of nitrogens with one attached hydrogen (secondary N) is 2. The van der Waals surface area contributed by atoms with Crippen LogP contribution in [0.3, 0.4) is 0 Å². The van der Waals surface area contributed by atoms with Gasteiger partial charge in [0.2, 0.25) is 0 Å². The highest BCUT2D eigenvalue weighted by atomic mass is 19.3. The summed E-state index contributed by atoms with van der Waals surface area (Å²) in [5.74, 6) is -1.64. The van der Waals surface area contributed by atoms with E-state index in [0.29, 0.717) is 11.3 Å². The van der Waals surface area contributed by atoms with E-state index in [2.05, 4.69) is 10.3 Å². The first kappa shape index (κ1) is 20.2. The Morgan fingerprint density at radius 1 is 1.18 bits per heavy atom. The smallest absolute Gasteiger partial charge is 0.315 e. The fraction of sp³-hybridized carbons (Fsp3) is 0.368. The number of amides is 1. The number of hydrogen-bond acceptors (Lipinski definition) is 4. The van der Waals surface area contributed by atoms with Crippen LogP contribution >= 0.6 is 0 Å². The minimum absolute atomic E-state index is 0.226. The van der Waals surface area contributed by atoms with E-state index in [9.17, 15) is 27.5 Å².